The molecule has 1 aromatic heterocycles. The molecule has 1 aromatic rings. The van der Waals surface area contributed by atoms with E-state index in [-0.39, 0.29) is 0 Å². The quantitative estimate of drug-likeness (QED) is 0.821. The number of pyridine rings is 1. The highest BCUT2D eigenvalue weighted by atomic mass is 79.9. The maximum absolute atomic E-state index is 4.21. The zero-order valence-electron chi connectivity index (χ0n) is 8.41. The maximum atomic E-state index is 4.21. The van der Waals surface area contributed by atoms with Gasteiger partial charge in [0.15, 0.2) is 0 Å². The van der Waals surface area contributed by atoms with Crippen LogP contribution >= 0.6 is 15.9 Å². The molecule has 1 fully saturated rings. The fourth-order valence-electron chi connectivity index (χ4n) is 1.71. The lowest BCUT2D eigenvalue weighted by Crippen LogP contribution is -2.26. The smallest absolute Gasteiger partial charge is 0.0566 e. The lowest BCUT2D eigenvalue weighted by molar-refractivity contribution is 0.761. The Bertz CT molecular complexity index is 310. The van der Waals surface area contributed by atoms with E-state index in [9.17, 15) is 0 Å². The standard InChI is InChI=1S/C11H15BrN2/c1-2-5-14(10-3-4-10)11-6-9(12)7-13-8-11/h6-8,10H,2-5H2,1H3. The first-order valence-corrected chi connectivity index (χ1v) is 5.97. The Balaban J connectivity index is 2.16. The topological polar surface area (TPSA) is 16.1 Å². The minimum absolute atomic E-state index is 0.769. The number of rotatable bonds is 4. The van der Waals surface area contributed by atoms with Crippen LogP contribution in [0.3, 0.4) is 0 Å². The summed E-state index contributed by atoms with van der Waals surface area (Å²) in [6.07, 6.45) is 7.67. The Morgan fingerprint density at radius 3 is 2.86 bits per heavy atom. The monoisotopic (exact) mass is 254 g/mol. The minimum Gasteiger partial charge on any atom is -0.367 e. The molecule has 0 bridgehead atoms. The van der Waals surface area contributed by atoms with Crippen LogP contribution in [0.25, 0.3) is 0 Å². The van der Waals surface area contributed by atoms with Gasteiger partial charge in [0.25, 0.3) is 0 Å². The summed E-state index contributed by atoms with van der Waals surface area (Å²) in [4.78, 5) is 6.68. The highest BCUT2D eigenvalue weighted by Crippen LogP contribution is 2.32. The molecule has 0 unspecified atom stereocenters. The Morgan fingerprint density at radius 1 is 1.50 bits per heavy atom. The molecule has 0 N–H and O–H groups in total. The lowest BCUT2D eigenvalue weighted by Gasteiger charge is -2.23. The van der Waals surface area contributed by atoms with Crippen molar-refractivity contribution < 1.29 is 0 Å². The predicted octanol–water partition coefficient (Wildman–Crippen LogP) is 3.22. The summed E-state index contributed by atoms with van der Waals surface area (Å²) in [6, 6.07) is 2.92. The van der Waals surface area contributed by atoms with Gasteiger partial charge in [0, 0.05) is 23.3 Å². The van der Waals surface area contributed by atoms with Crippen LogP contribution < -0.4 is 4.90 Å². The van der Waals surface area contributed by atoms with E-state index in [4.69, 9.17) is 0 Å². The number of hydrogen-bond donors (Lipinski definition) is 0. The Hall–Kier alpha value is -0.570. The maximum Gasteiger partial charge on any atom is 0.0566 e. The first kappa shape index (κ1) is 9.97. The van der Waals surface area contributed by atoms with Crippen molar-refractivity contribution in [3.05, 3.63) is 22.9 Å². The van der Waals surface area contributed by atoms with Gasteiger partial charge in [-0.05, 0) is 41.3 Å². The highest BCUT2D eigenvalue weighted by molar-refractivity contribution is 9.10. The molecule has 1 saturated carbocycles. The SMILES string of the molecule is CCCN(c1cncc(Br)c1)C1CC1. The van der Waals surface area contributed by atoms with Crippen molar-refractivity contribution >= 4 is 21.6 Å². The first-order valence-electron chi connectivity index (χ1n) is 5.18. The lowest BCUT2D eigenvalue weighted by atomic mass is 10.3. The van der Waals surface area contributed by atoms with Crippen molar-refractivity contribution in [1.29, 1.82) is 0 Å². The Kier molecular flexibility index (Phi) is 3.06. The first-order chi connectivity index (χ1) is 6.81. The van der Waals surface area contributed by atoms with Crippen molar-refractivity contribution in [2.24, 2.45) is 0 Å². The van der Waals surface area contributed by atoms with E-state index in [0.29, 0.717) is 0 Å². The number of hydrogen-bond acceptors (Lipinski definition) is 2. The van der Waals surface area contributed by atoms with Gasteiger partial charge in [0.2, 0.25) is 0 Å². The summed E-state index contributed by atoms with van der Waals surface area (Å²) in [5.74, 6) is 0. The summed E-state index contributed by atoms with van der Waals surface area (Å²) in [5, 5.41) is 0. The van der Waals surface area contributed by atoms with Crippen molar-refractivity contribution in [1.82, 2.24) is 4.98 Å². The van der Waals surface area contributed by atoms with Crippen LogP contribution in [0, 0.1) is 0 Å². The normalized spacial score (nSPS) is 15.6. The van der Waals surface area contributed by atoms with Gasteiger partial charge < -0.3 is 4.90 Å². The van der Waals surface area contributed by atoms with Gasteiger partial charge in [-0.3, -0.25) is 4.98 Å². The van der Waals surface area contributed by atoms with Crippen molar-refractivity contribution in [3.63, 3.8) is 0 Å². The third kappa shape index (κ3) is 2.27. The molecule has 2 nitrogen and oxygen atoms in total. The van der Waals surface area contributed by atoms with Crippen LogP contribution in [0.1, 0.15) is 26.2 Å². The van der Waals surface area contributed by atoms with Crippen LogP contribution in [0.4, 0.5) is 5.69 Å². The molecule has 1 aliphatic rings. The van der Waals surface area contributed by atoms with E-state index in [1.807, 2.05) is 12.4 Å². The van der Waals surface area contributed by atoms with Gasteiger partial charge in [0.05, 0.1) is 11.9 Å². The second kappa shape index (κ2) is 4.30. The van der Waals surface area contributed by atoms with Gasteiger partial charge in [-0.15, -0.1) is 0 Å². The van der Waals surface area contributed by atoms with Gasteiger partial charge in [-0.2, -0.15) is 0 Å². The molecule has 0 aliphatic heterocycles. The molecule has 14 heavy (non-hydrogen) atoms. The Labute approximate surface area is 93.5 Å². The van der Waals surface area contributed by atoms with Gasteiger partial charge >= 0.3 is 0 Å². The summed E-state index contributed by atoms with van der Waals surface area (Å²) >= 11 is 3.46. The molecule has 0 atom stereocenters. The molecule has 3 heteroatoms. The van der Waals surface area contributed by atoms with Crippen LogP contribution in [0.2, 0.25) is 0 Å². The second-order valence-electron chi connectivity index (χ2n) is 3.79. The predicted molar refractivity (Wildman–Crippen MR) is 62.6 cm³/mol. The summed E-state index contributed by atoms with van der Waals surface area (Å²) in [7, 11) is 0. The van der Waals surface area contributed by atoms with E-state index in [1.54, 1.807) is 0 Å². The molecular weight excluding hydrogens is 240 g/mol. The molecule has 0 saturated heterocycles. The average Bonchev–Trinajstić information content (AvgIpc) is 2.97. The van der Waals surface area contributed by atoms with E-state index in [2.05, 4.69) is 38.8 Å². The fraction of sp³-hybridized carbons (Fsp3) is 0.545. The number of anilines is 1. The van der Waals surface area contributed by atoms with E-state index in [0.717, 1.165) is 17.1 Å². The molecule has 76 valence electrons. The minimum atomic E-state index is 0.769. The van der Waals surface area contributed by atoms with Gasteiger partial charge in [-0.25, -0.2) is 0 Å². The zero-order chi connectivity index (χ0) is 9.97. The van der Waals surface area contributed by atoms with E-state index < -0.39 is 0 Å². The van der Waals surface area contributed by atoms with Crippen molar-refractivity contribution in [3.8, 4) is 0 Å². The molecule has 0 spiro atoms. The van der Waals surface area contributed by atoms with Crippen LogP contribution in [0.5, 0.6) is 0 Å². The number of halogens is 1. The molecule has 1 aliphatic carbocycles. The highest BCUT2D eigenvalue weighted by Gasteiger charge is 2.28. The van der Waals surface area contributed by atoms with Crippen LogP contribution in [0.15, 0.2) is 22.9 Å². The Morgan fingerprint density at radius 2 is 2.29 bits per heavy atom. The average molecular weight is 255 g/mol. The molecule has 2 rings (SSSR count). The number of aromatic nitrogens is 1. The van der Waals surface area contributed by atoms with Gasteiger partial charge in [0.1, 0.15) is 0 Å². The van der Waals surface area contributed by atoms with E-state index in [1.165, 1.54) is 24.9 Å². The second-order valence-corrected chi connectivity index (χ2v) is 4.70. The van der Waals surface area contributed by atoms with Crippen LogP contribution in [-0.4, -0.2) is 17.6 Å². The van der Waals surface area contributed by atoms with E-state index >= 15 is 0 Å². The summed E-state index contributed by atoms with van der Waals surface area (Å²) < 4.78 is 1.07. The van der Waals surface area contributed by atoms with Gasteiger partial charge in [-0.1, -0.05) is 6.92 Å². The van der Waals surface area contributed by atoms with Crippen LogP contribution in [-0.2, 0) is 0 Å². The number of nitrogens with zero attached hydrogens (tertiary/aromatic N) is 2. The fourth-order valence-corrected chi connectivity index (χ4v) is 2.06. The summed E-state index contributed by atoms with van der Waals surface area (Å²) in [6.45, 7) is 3.36. The largest absolute Gasteiger partial charge is 0.367 e. The third-order valence-electron chi connectivity index (χ3n) is 2.47. The zero-order valence-corrected chi connectivity index (χ0v) is 10.00. The van der Waals surface area contributed by atoms with Crippen molar-refractivity contribution in [2.75, 3.05) is 11.4 Å². The molecule has 1 heterocycles. The molecular formula is C11H15BrN2. The molecule has 0 amide bonds. The van der Waals surface area contributed by atoms with Crippen molar-refractivity contribution in [2.45, 2.75) is 32.2 Å². The third-order valence-corrected chi connectivity index (χ3v) is 2.91. The molecule has 0 aromatic carbocycles. The summed E-state index contributed by atoms with van der Waals surface area (Å²) in [5.41, 5.74) is 1.25. The molecule has 0 radical (unpaired) electrons.